The maximum atomic E-state index is 5.94. The second-order valence-corrected chi connectivity index (χ2v) is 5.35. The molecule has 0 N–H and O–H groups in total. The molecule has 5 nitrogen and oxygen atoms in total. The molecule has 0 bridgehead atoms. The van der Waals surface area contributed by atoms with Crippen molar-refractivity contribution in [1.82, 2.24) is 4.90 Å². The average molecular weight is 320 g/mol. The van der Waals surface area contributed by atoms with Crippen LogP contribution in [-0.4, -0.2) is 51.6 Å². The number of benzene rings is 1. The van der Waals surface area contributed by atoms with Crippen molar-refractivity contribution < 1.29 is 14.3 Å². The van der Waals surface area contributed by atoms with Gasteiger partial charge in [-0.3, -0.25) is 4.90 Å². The van der Waals surface area contributed by atoms with Crippen LogP contribution in [0.25, 0.3) is 0 Å². The topological polar surface area (TPSA) is 43.3 Å². The summed E-state index contributed by atoms with van der Waals surface area (Å²) in [4.78, 5) is 6.75. The molecule has 0 aliphatic heterocycles. The van der Waals surface area contributed by atoms with E-state index in [4.69, 9.17) is 9.47 Å². The van der Waals surface area contributed by atoms with Crippen LogP contribution in [0.3, 0.4) is 0 Å². The van der Waals surface area contributed by atoms with Gasteiger partial charge in [-0.15, -0.1) is 0 Å². The summed E-state index contributed by atoms with van der Waals surface area (Å²) in [6.07, 6.45) is 5.69. The largest absolute Gasteiger partial charge is 0.492 e. The molecule has 0 aromatic heterocycles. The van der Waals surface area contributed by atoms with Crippen molar-refractivity contribution in [2.75, 3.05) is 40.5 Å². The Kier molecular flexibility index (Phi) is 8.83. The lowest BCUT2D eigenvalue weighted by Crippen LogP contribution is -2.26. The standard InChI is InChI=1S/C18H28N2O3/c1-6-7-11-22-17-13-15(2)18(16(3)14-17)23-12-10-20(4)9-8-19-21-5/h6-8,13-14H,9-12H2,1-5H3/b7-6+,19-8?. The first kappa shape index (κ1) is 19.0. The molecule has 0 saturated carbocycles. The van der Waals surface area contributed by atoms with Gasteiger partial charge in [0.15, 0.2) is 0 Å². The lowest BCUT2D eigenvalue weighted by Gasteiger charge is -2.17. The zero-order chi connectivity index (χ0) is 17.1. The van der Waals surface area contributed by atoms with E-state index in [1.54, 1.807) is 6.21 Å². The Hall–Kier alpha value is -2.01. The number of likely N-dealkylation sites (N-methyl/N-ethyl adjacent to an activating group) is 1. The summed E-state index contributed by atoms with van der Waals surface area (Å²) in [6.45, 7) is 8.82. The molecule has 0 aliphatic rings. The number of oxime groups is 1. The molecule has 23 heavy (non-hydrogen) atoms. The number of nitrogens with zero attached hydrogens (tertiary/aromatic N) is 2. The van der Waals surface area contributed by atoms with Crippen LogP contribution >= 0.6 is 0 Å². The summed E-state index contributed by atoms with van der Waals surface area (Å²) in [6, 6.07) is 4.03. The average Bonchev–Trinajstić information content (AvgIpc) is 2.50. The van der Waals surface area contributed by atoms with E-state index in [0.717, 1.165) is 35.7 Å². The molecule has 0 heterocycles. The van der Waals surface area contributed by atoms with Crippen LogP contribution in [0.4, 0.5) is 0 Å². The summed E-state index contributed by atoms with van der Waals surface area (Å²) < 4.78 is 11.6. The van der Waals surface area contributed by atoms with E-state index in [1.165, 1.54) is 7.11 Å². The molecule has 0 atom stereocenters. The fraction of sp³-hybridized carbons (Fsp3) is 0.500. The Labute approximate surface area is 139 Å². The Balaban J connectivity index is 2.52. The molecule has 0 aliphatic carbocycles. The Morgan fingerprint density at radius 2 is 1.87 bits per heavy atom. The highest BCUT2D eigenvalue weighted by Gasteiger charge is 2.08. The van der Waals surface area contributed by atoms with Crippen LogP contribution in [0, 0.1) is 13.8 Å². The third-order valence-electron chi connectivity index (χ3n) is 3.31. The van der Waals surface area contributed by atoms with Gasteiger partial charge >= 0.3 is 0 Å². The molecule has 128 valence electrons. The molecule has 5 heteroatoms. The normalized spacial score (nSPS) is 11.6. The highest BCUT2D eigenvalue weighted by atomic mass is 16.6. The maximum Gasteiger partial charge on any atom is 0.125 e. The van der Waals surface area contributed by atoms with E-state index in [2.05, 4.69) is 14.9 Å². The van der Waals surface area contributed by atoms with Crippen LogP contribution < -0.4 is 9.47 Å². The predicted octanol–water partition coefficient (Wildman–Crippen LogP) is 3.20. The predicted molar refractivity (Wildman–Crippen MR) is 94.7 cm³/mol. The number of ether oxygens (including phenoxy) is 2. The minimum absolute atomic E-state index is 0.587. The Morgan fingerprint density at radius 3 is 2.48 bits per heavy atom. The van der Waals surface area contributed by atoms with Crippen molar-refractivity contribution in [1.29, 1.82) is 0 Å². The number of hydrogen-bond donors (Lipinski definition) is 0. The molecule has 0 amide bonds. The Morgan fingerprint density at radius 1 is 1.17 bits per heavy atom. The maximum absolute atomic E-state index is 5.94. The summed E-state index contributed by atoms with van der Waals surface area (Å²) in [5.41, 5.74) is 2.17. The molecule has 0 unspecified atom stereocenters. The summed E-state index contributed by atoms with van der Waals surface area (Å²) >= 11 is 0. The molecule has 0 radical (unpaired) electrons. The fourth-order valence-electron chi connectivity index (χ4n) is 2.10. The minimum atomic E-state index is 0.587. The number of allylic oxidation sites excluding steroid dienone is 1. The van der Waals surface area contributed by atoms with Crippen LogP contribution in [0.2, 0.25) is 0 Å². The molecule has 1 aromatic carbocycles. The monoisotopic (exact) mass is 320 g/mol. The SMILES string of the molecule is C/C=C/COc1cc(C)c(OCCN(C)CC=NOC)c(C)c1. The van der Waals surface area contributed by atoms with Gasteiger partial charge in [0.05, 0.1) is 6.21 Å². The van der Waals surface area contributed by atoms with Crippen LogP contribution in [0.5, 0.6) is 11.5 Å². The second kappa shape index (κ2) is 10.7. The quantitative estimate of drug-likeness (QED) is 0.377. The minimum Gasteiger partial charge on any atom is -0.492 e. The van der Waals surface area contributed by atoms with Gasteiger partial charge < -0.3 is 14.3 Å². The van der Waals surface area contributed by atoms with Crippen molar-refractivity contribution in [2.24, 2.45) is 5.16 Å². The van der Waals surface area contributed by atoms with Crippen LogP contribution in [0.1, 0.15) is 18.1 Å². The lowest BCUT2D eigenvalue weighted by atomic mass is 10.1. The molecular formula is C18H28N2O3. The van der Waals surface area contributed by atoms with Crippen LogP contribution in [0.15, 0.2) is 29.4 Å². The third kappa shape index (κ3) is 7.19. The van der Waals surface area contributed by atoms with Crippen molar-refractivity contribution in [2.45, 2.75) is 20.8 Å². The number of hydrogen-bond acceptors (Lipinski definition) is 5. The molecule has 1 aromatic rings. The van der Waals surface area contributed by atoms with Crippen molar-refractivity contribution in [3.05, 3.63) is 35.4 Å². The zero-order valence-electron chi connectivity index (χ0n) is 14.8. The number of rotatable bonds is 10. The summed E-state index contributed by atoms with van der Waals surface area (Å²) in [7, 11) is 3.56. The van der Waals surface area contributed by atoms with E-state index in [-0.39, 0.29) is 0 Å². The first-order valence-electron chi connectivity index (χ1n) is 7.80. The Bertz CT molecular complexity index is 504. The van der Waals surface area contributed by atoms with Crippen molar-refractivity contribution >= 4 is 6.21 Å². The third-order valence-corrected chi connectivity index (χ3v) is 3.31. The molecule has 0 fully saturated rings. The first-order chi connectivity index (χ1) is 11.1. The highest BCUT2D eigenvalue weighted by Crippen LogP contribution is 2.28. The number of aryl methyl sites for hydroxylation is 2. The van der Waals surface area contributed by atoms with E-state index in [9.17, 15) is 0 Å². The van der Waals surface area contributed by atoms with Gasteiger partial charge in [-0.2, -0.15) is 0 Å². The van der Waals surface area contributed by atoms with Crippen molar-refractivity contribution in [3.8, 4) is 11.5 Å². The van der Waals surface area contributed by atoms with Gasteiger partial charge in [0, 0.05) is 13.1 Å². The fourth-order valence-corrected chi connectivity index (χ4v) is 2.10. The smallest absolute Gasteiger partial charge is 0.125 e. The van der Waals surface area contributed by atoms with E-state index in [0.29, 0.717) is 13.2 Å². The van der Waals surface area contributed by atoms with Gasteiger partial charge in [-0.1, -0.05) is 17.3 Å². The second-order valence-electron chi connectivity index (χ2n) is 5.35. The first-order valence-corrected chi connectivity index (χ1v) is 7.80. The molecule has 1 rings (SSSR count). The van der Waals surface area contributed by atoms with Crippen LogP contribution in [-0.2, 0) is 4.84 Å². The lowest BCUT2D eigenvalue weighted by molar-refractivity contribution is 0.211. The summed E-state index contributed by atoms with van der Waals surface area (Å²) in [5, 5.41) is 3.72. The zero-order valence-corrected chi connectivity index (χ0v) is 14.8. The molecular weight excluding hydrogens is 292 g/mol. The summed E-state index contributed by atoms with van der Waals surface area (Å²) in [5.74, 6) is 1.81. The van der Waals surface area contributed by atoms with Gasteiger partial charge in [0.2, 0.25) is 0 Å². The van der Waals surface area contributed by atoms with E-state index >= 15 is 0 Å². The van der Waals surface area contributed by atoms with Crippen molar-refractivity contribution in [3.63, 3.8) is 0 Å². The molecule has 0 saturated heterocycles. The van der Waals surface area contributed by atoms with Gasteiger partial charge in [-0.05, 0) is 51.1 Å². The van der Waals surface area contributed by atoms with Gasteiger partial charge in [0.25, 0.3) is 0 Å². The van der Waals surface area contributed by atoms with E-state index < -0.39 is 0 Å². The van der Waals surface area contributed by atoms with Gasteiger partial charge in [0.1, 0.15) is 31.8 Å². The highest BCUT2D eigenvalue weighted by molar-refractivity contribution is 5.58. The van der Waals surface area contributed by atoms with Gasteiger partial charge in [-0.25, -0.2) is 0 Å². The molecule has 0 spiro atoms. The van der Waals surface area contributed by atoms with E-state index in [1.807, 2.05) is 52.1 Å².